The number of quaternary nitrogens is 1. The Bertz CT molecular complexity index is 979. The molecular weight excluding hydrogens is 642 g/mol. The second kappa shape index (κ2) is 34.4. The number of nitrogens with zero attached hydrogens (tertiary/aromatic N) is 1. The maximum atomic E-state index is 12.7. The molecule has 0 saturated carbocycles. The zero-order chi connectivity index (χ0) is 37.8. The lowest BCUT2D eigenvalue weighted by molar-refractivity contribution is -0.887. The number of carboxylic acids is 1. The number of carbonyl (C=O) groups is 3. The average Bonchev–Trinajstić information content (AvgIpc) is 3.08. The maximum absolute atomic E-state index is 12.7. The van der Waals surface area contributed by atoms with Gasteiger partial charge in [-0.25, -0.2) is 4.79 Å². The van der Waals surface area contributed by atoms with Crippen LogP contribution in [-0.2, 0) is 28.6 Å². The minimum Gasteiger partial charge on any atom is -0.477 e. The van der Waals surface area contributed by atoms with Crippen molar-refractivity contribution in [1.29, 1.82) is 0 Å². The van der Waals surface area contributed by atoms with Crippen LogP contribution in [0.5, 0.6) is 0 Å². The molecule has 0 aliphatic carbocycles. The normalized spacial score (nSPS) is 13.5. The quantitative estimate of drug-likeness (QED) is 0.0301. The number of likely N-dealkylation sites (N-methyl/N-ethyl adjacent to an activating group) is 1. The Labute approximate surface area is 312 Å². The Morgan fingerprint density at radius 1 is 0.608 bits per heavy atom. The molecule has 294 valence electrons. The first-order valence-electron chi connectivity index (χ1n) is 20.2. The molecule has 8 heteroatoms. The van der Waals surface area contributed by atoms with Crippen molar-refractivity contribution in [3.8, 4) is 0 Å². The lowest BCUT2D eigenvalue weighted by Gasteiger charge is -2.31. The lowest BCUT2D eigenvalue weighted by atomic mass is 10.1. The standard InChI is InChI=1S/C43H75NO7/c1-6-8-10-12-14-16-17-18-19-20-21-22-23-24-25-26-28-30-32-34-42(46)51-39(37-49-36-35-40(43(47)48)44(3,4)5)38-50-41(45)33-31-29-27-15-13-11-9-7-2/h8,10,14,16,18-19,21-22,39-40H,6-7,9,11-13,15,17,20,23-38H2,1-5H3/p+1/b10-8-,16-14-,19-18-,22-21-. The largest absolute Gasteiger partial charge is 0.477 e. The fourth-order valence-electron chi connectivity index (χ4n) is 5.61. The number of rotatable bonds is 35. The van der Waals surface area contributed by atoms with Crippen LogP contribution < -0.4 is 0 Å². The molecule has 8 nitrogen and oxygen atoms in total. The van der Waals surface area contributed by atoms with E-state index in [9.17, 15) is 19.5 Å². The summed E-state index contributed by atoms with van der Waals surface area (Å²) in [6.45, 7) is 4.56. The summed E-state index contributed by atoms with van der Waals surface area (Å²) in [5.41, 5.74) is 0. The van der Waals surface area contributed by atoms with E-state index in [1.807, 2.05) is 21.1 Å². The summed E-state index contributed by atoms with van der Waals surface area (Å²) >= 11 is 0. The van der Waals surface area contributed by atoms with Crippen molar-refractivity contribution in [3.05, 3.63) is 48.6 Å². The summed E-state index contributed by atoms with van der Waals surface area (Å²) in [4.78, 5) is 36.7. The Hall–Kier alpha value is -2.71. The van der Waals surface area contributed by atoms with E-state index in [2.05, 4.69) is 62.5 Å². The molecule has 2 unspecified atom stereocenters. The molecule has 2 atom stereocenters. The van der Waals surface area contributed by atoms with Gasteiger partial charge in [0.1, 0.15) is 6.61 Å². The van der Waals surface area contributed by atoms with E-state index in [0.717, 1.165) is 77.0 Å². The topological polar surface area (TPSA) is 99.1 Å². The van der Waals surface area contributed by atoms with Crippen LogP contribution in [0.1, 0.15) is 155 Å². The lowest BCUT2D eigenvalue weighted by Crippen LogP contribution is -2.50. The van der Waals surface area contributed by atoms with Gasteiger partial charge in [0.05, 0.1) is 34.4 Å². The smallest absolute Gasteiger partial charge is 0.362 e. The van der Waals surface area contributed by atoms with Gasteiger partial charge in [0.25, 0.3) is 0 Å². The summed E-state index contributed by atoms with van der Waals surface area (Å²) in [7, 11) is 5.51. The minimum atomic E-state index is -0.880. The van der Waals surface area contributed by atoms with Gasteiger partial charge in [0, 0.05) is 19.3 Å². The molecule has 0 saturated heterocycles. The van der Waals surface area contributed by atoms with Gasteiger partial charge >= 0.3 is 17.9 Å². The summed E-state index contributed by atoms with van der Waals surface area (Å²) in [6, 6.07) is -0.616. The highest BCUT2D eigenvalue weighted by Crippen LogP contribution is 2.13. The van der Waals surface area contributed by atoms with Crippen molar-refractivity contribution in [2.75, 3.05) is 41.0 Å². The van der Waals surface area contributed by atoms with Crippen LogP contribution >= 0.6 is 0 Å². The molecule has 0 radical (unpaired) electrons. The number of hydrogen-bond donors (Lipinski definition) is 1. The Morgan fingerprint density at radius 3 is 1.63 bits per heavy atom. The van der Waals surface area contributed by atoms with Gasteiger partial charge in [-0.2, -0.15) is 0 Å². The second-order valence-corrected chi connectivity index (χ2v) is 14.5. The summed E-state index contributed by atoms with van der Waals surface area (Å²) < 4.78 is 17.2. The molecule has 0 rings (SSSR count). The molecule has 0 fully saturated rings. The molecule has 0 aliphatic heterocycles. The first-order valence-corrected chi connectivity index (χ1v) is 20.2. The molecule has 1 N–H and O–H groups in total. The minimum absolute atomic E-state index is 0.0551. The third kappa shape index (κ3) is 32.9. The number of hydrogen-bond acceptors (Lipinski definition) is 6. The van der Waals surface area contributed by atoms with Crippen LogP contribution in [0.25, 0.3) is 0 Å². The van der Waals surface area contributed by atoms with E-state index in [4.69, 9.17) is 14.2 Å². The van der Waals surface area contributed by atoms with Crippen molar-refractivity contribution in [2.24, 2.45) is 0 Å². The fourth-order valence-corrected chi connectivity index (χ4v) is 5.61. The number of carboxylic acid groups (broad SMARTS) is 1. The molecule has 0 aromatic rings. The highest BCUT2D eigenvalue weighted by molar-refractivity contribution is 5.72. The van der Waals surface area contributed by atoms with Crippen molar-refractivity contribution in [2.45, 2.75) is 167 Å². The predicted molar refractivity (Wildman–Crippen MR) is 211 cm³/mol. The van der Waals surface area contributed by atoms with E-state index < -0.39 is 18.1 Å². The summed E-state index contributed by atoms with van der Waals surface area (Å²) in [5.74, 6) is -1.49. The fraction of sp³-hybridized carbons (Fsp3) is 0.744. The molecule has 0 heterocycles. The number of ether oxygens (including phenoxy) is 3. The van der Waals surface area contributed by atoms with Crippen LogP contribution in [0.15, 0.2) is 48.6 Å². The Morgan fingerprint density at radius 2 is 1.10 bits per heavy atom. The van der Waals surface area contributed by atoms with Crippen LogP contribution in [0, 0.1) is 0 Å². The molecule has 0 aliphatic rings. The van der Waals surface area contributed by atoms with Crippen molar-refractivity contribution >= 4 is 17.9 Å². The number of unbranched alkanes of at least 4 members (excludes halogenated alkanes) is 13. The summed E-state index contributed by atoms with van der Waals surface area (Å²) in [6.07, 6.45) is 38.7. The van der Waals surface area contributed by atoms with E-state index in [1.165, 1.54) is 44.9 Å². The second-order valence-electron chi connectivity index (χ2n) is 14.5. The number of carbonyl (C=O) groups excluding carboxylic acids is 2. The van der Waals surface area contributed by atoms with Crippen molar-refractivity contribution < 1.29 is 38.2 Å². The third-order valence-electron chi connectivity index (χ3n) is 8.74. The van der Waals surface area contributed by atoms with Gasteiger partial charge in [0.2, 0.25) is 0 Å². The maximum Gasteiger partial charge on any atom is 0.362 e. The van der Waals surface area contributed by atoms with E-state index in [-0.39, 0.29) is 36.2 Å². The van der Waals surface area contributed by atoms with Crippen LogP contribution in [0.3, 0.4) is 0 Å². The third-order valence-corrected chi connectivity index (χ3v) is 8.74. The number of esters is 2. The van der Waals surface area contributed by atoms with Crippen LogP contribution in [-0.4, -0.2) is 80.6 Å². The predicted octanol–water partition coefficient (Wildman–Crippen LogP) is 10.5. The molecule has 51 heavy (non-hydrogen) atoms. The van der Waals surface area contributed by atoms with Gasteiger partial charge in [-0.3, -0.25) is 9.59 Å². The number of allylic oxidation sites excluding steroid dienone is 8. The molecule has 0 spiro atoms. The zero-order valence-electron chi connectivity index (χ0n) is 33.3. The van der Waals surface area contributed by atoms with Gasteiger partial charge in [0.15, 0.2) is 12.1 Å². The van der Waals surface area contributed by atoms with Gasteiger partial charge < -0.3 is 23.8 Å². The van der Waals surface area contributed by atoms with E-state index in [0.29, 0.717) is 19.3 Å². The first-order chi connectivity index (χ1) is 24.6. The Balaban J connectivity index is 4.35. The first kappa shape index (κ1) is 48.3. The van der Waals surface area contributed by atoms with Crippen LogP contribution in [0.2, 0.25) is 0 Å². The van der Waals surface area contributed by atoms with Gasteiger partial charge in [-0.1, -0.05) is 133 Å². The highest BCUT2D eigenvalue weighted by Gasteiger charge is 2.31. The highest BCUT2D eigenvalue weighted by atomic mass is 16.6. The average molecular weight is 719 g/mol. The number of aliphatic carboxylic acids is 1. The Kier molecular flexibility index (Phi) is 32.6. The molecule has 0 aromatic heterocycles. The molecule has 0 amide bonds. The molecule has 0 bridgehead atoms. The van der Waals surface area contributed by atoms with Gasteiger partial charge in [-0.05, 0) is 51.4 Å². The van der Waals surface area contributed by atoms with Gasteiger partial charge in [-0.15, -0.1) is 0 Å². The summed E-state index contributed by atoms with van der Waals surface area (Å²) in [5, 5.41) is 9.58. The van der Waals surface area contributed by atoms with E-state index >= 15 is 0 Å². The SMILES string of the molecule is CC/C=C\C/C=C\C/C=C\C/C=C\CCCCCCCCC(=O)OC(COCCC(C(=O)O)[N+](C)(C)C)COC(=O)CCCCCCCCCC. The monoisotopic (exact) mass is 719 g/mol. The zero-order valence-corrected chi connectivity index (χ0v) is 33.3. The molecule has 0 aromatic carbocycles. The van der Waals surface area contributed by atoms with Crippen LogP contribution in [0.4, 0.5) is 0 Å². The van der Waals surface area contributed by atoms with E-state index in [1.54, 1.807) is 0 Å². The van der Waals surface area contributed by atoms with Crippen molar-refractivity contribution in [3.63, 3.8) is 0 Å². The van der Waals surface area contributed by atoms with Crippen molar-refractivity contribution in [1.82, 2.24) is 0 Å². The molecular formula is C43H76NO7+.